The number of carbonyl (C=O) groups is 2. The summed E-state index contributed by atoms with van der Waals surface area (Å²) in [6.07, 6.45) is -2.74. The number of aliphatic carboxylic acids is 1. The third-order valence-corrected chi connectivity index (χ3v) is 5.45. The summed E-state index contributed by atoms with van der Waals surface area (Å²) in [6, 6.07) is 14.1. The number of rotatable bonds is 12. The van der Waals surface area contributed by atoms with Gasteiger partial charge in [0.1, 0.15) is 6.61 Å². The zero-order valence-electron chi connectivity index (χ0n) is 20.2. The van der Waals surface area contributed by atoms with Crippen molar-refractivity contribution in [2.24, 2.45) is 0 Å². The molecule has 0 heterocycles. The van der Waals surface area contributed by atoms with Crippen LogP contribution in [-0.2, 0) is 23.7 Å². The fourth-order valence-corrected chi connectivity index (χ4v) is 3.85. The smallest absolute Gasteiger partial charge is 0.408 e. The molecule has 35 heavy (non-hydrogen) atoms. The minimum Gasteiger partial charge on any atom is -0.480 e. The van der Waals surface area contributed by atoms with Crippen LogP contribution in [0.5, 0.6) is 0 Å². The predicted octanol–water partition coefficient (Wildman–Crippen LogP) is 3.15. The van der Waals surface area contributed by atoms with Gasteiger partial charge in [0, 0.05) is 5.92 Å². The van der Waals surface area contributed by atoms with E-state index in [1.807, 2.05) is 69.3 Å². The molecule has 2 atom stereocenters. The minimum atomic E-state index is -1.78. The second kappa shape index (κ2) is 12.1. The summed E-state index contributed by atoms with van der Waals surface area (Å²) >= 11 is 0. The quantitative estimate of drug-likeness (QED) is 0.308. The first-order valence-electron chi connectivity index (χ1n) is 11.5. The number of ether oxygens (including phenoxy) is 4. The van der Waals surface area contributed by atoms with Crippen molar-refractivity contribution in [2.75, 3.05) is 33.0 Å². The lowest BCUT2D eigenvalue weighted by Crippen LogP contribution is -2.50. The number of hydrogen-bond acceptors (Lipinski definition) is 7. The fourth-order valence-electron chi connectivity index (χ4n) is 3.85. The molecule has 2 aromatic carbocycles. The maximum atomic E-state index is 12.4. The van der Waals surface area contributed by atoms with E-state index in [1.165, 1.54) is 0 Å². The first-order chi connectivity index (χ1) is 16.7. The maximum absolute atomic E-state index is 12.4. The van der Waals surface area contributed by atoms with Crippen molar-refractivity contribution in [2.45, 2.75) is 44.6 Å². The molecule has 2 aromatic rings. The number of carboxylic acid groups (broad SMARTS) is 1. The number of carboxylic acids is 1. The molecular formula is C26H33NO8. The summed E-state index contributed by atoms with van der Waals surface area (Å²) in [5.74, 6) is -1.62. The molecule has 0 fully saturated rings. The highest BCUT2D eigenvalue weighted by Crippen LogP contribution is 2.44. The summed E-state index contributed by atoms with van der Waals surface area (Å²) in [4.78, 5) is 23.9. The van der Waals surface area contributed by atoms with Gasteiger partial charge >= 0.3 is 12.1 Å². The van der Waals surface area contributed by atoms with Crippen molar-refractivity contribution in [3.8, 4) is 11.1 Å². The Labute approximate surface area is 205 Å². The van der Waals surface area contributed by atoms with Crippen LogP contribution in [0.15, 0.2) is 48.5 Å². The molecule has 0 spiro atoms. The zero-order valence-corrected chi connectivity index (χ0v) is 20.2. The number of hydrogen-bond donors (Lipinski definition) is 3. The van der Waals surface area contributed by atoms with E-state index in [4.69, 9.17) is 18.9 Å². The normalized spacial score (nSPS) is 14.6. The van der Waals surface area contributed by atoms with E-state index in [0.717, 1.165) is 22.3 Å². The van der Waals surface area contributed by atoms with Crippen LogP contribution in [0.2, 0.25) is 0 Å². The van der Waals surface area contributed by atoms with Gasteiger partial charge in [-0.15, -0.1) is 0 Å². The van der Waals surface area contributed by atoms with E-state index in [1.54, 1.807) is 0 Å². The topological polar surface area (TPSA) is 124 Å². The Balaban J connectivity index is 1.46. The molecule has 3 rings (SSSR count). The van der Waals surface area contributed by atoms with Gasteiger partial charge in [-0.3, -0.25) is 0 Å². The first kappa shape index (κ1) is 26.6. The molecule has 0 saturated carbocycles. The highest BCUT2D eigenvalue weighted by Gasteiger charge is 2.32. The second-order valence-electron chi connectivity index (χ2n) is 9.12. The SMILES string of the molecule is CC(C)(C)OCCOCCOC(O)[C@H](NC(=O)OCC1c2ccccc2-c2ccccc21)C(=O)O. The molecular weight excluding hydrogens is 454 g/mol. The van der Waals surface area contributed by atoms with Crippen molar-refractivity contribution in [1.82, 2.24) is 5.32 Å². The molecule has 9 nitrogen and oxygen atoms in total. The van der Waals surface area contributed by atoms with E-state index >= 15 is 0 Å². The van der Waals surface area contributed by atoms with E-state index < -0.39 is 24.4 Å². The Morgan fingerprint density at radius 1 is 0.943 bits per heavy atom. The summed E-state index contributed by atoms with van der Waals surface area (Å²) in [5, 5.41) is 21.7. The summed E-state index contributed by atoms with van der Waals surface area (Å²) < 4.78 is 21.3. The Morgan fingerprint density at radius 2 is 1.51 bits per heavy atom. The number of fused-ring (bicyclic) bond motifs is 3. The van der Waals surface area contributed by atoms with Crippen LogP contribution in [0.3, 0.4) is 0 Å². The van der Waals surface area contributed by atoms with Crippen LogP contribution in [0.1, 0.15) is 37.8 Å². The Kier molecular flexibility index (Phi) is 9.22. The fraction of sp³-hybridized carbons (Fsp3) is 0.462. The molecule has 3 N–H and O–H groups in total. The van der Waals surface area contributed by atoms with Crippen molar-refractivity contribution < 1.29 is 38.7 Å². The van der Waals surface area contributed by atoms with E-state index in [9.17, 15) is 19.8 Å². The van der Waals surface area contributed by atoms with Gasteiger partial charge < -0.3 is 34.5 Å². The number of alkyl carbamates (subject to hydrolysis) is 1. The van der Waals surface area contributed by atoms with Crippen LogP contribution in [0.4, 0.5) is 4.79 Å². The maximum Gasteiger partial charge on any atom is 0.408 e. The Bertz CT molecular complexity index is 957. The summed E-state index contributed by atoms with van der Waals surface area (Å²) in [7, 11) is 0. The molecule has 0 bridgehead atoms. The molecule has 0 saturated heterocycles. The number of benzene rings is 2. The van der Waals surface area contributed by atoms with Gasteiger partial charge in [0.15, 0.2) is 12.3 Å². The van der Waals surface area contributed by atoms with Crippen LogP contribution in [0, 0.1) is 0 Å². The van der Waals surface area contributed by atoms with Gasteiger partial charge in [0.05, 0.1) is 32.0 Å². The molecule has 0 radical (unpaired) electrons. The van der Waals surface area contributed by atoms with Crippen LogP contribution in [-0.4, -0.2) is 73.2 Å². The van der Waals surface area contributed by atoms with Gasteiger partial charge in [0.2, 0.25) is 0 Å². The van der Waals surface area contributed by atoms with Gasteiger partial charge in [0.25, 0.3) is 0 Å². The third-order valence-electron chi connectivity index (χ3n) is 5.45. The molecule has 1 aliphatic rings. The minimum absolute atomic E-state index is 0.0215. The highest BCUT2D eigenvalue weighted by atomic mass is 16.6. The predicted molar refractivity (Wildman–Crippen MR) is 128 cm³/mol. The zero-order chi connectivity index (χ0) is 25.4. The lowest BCUT2D eigenvalue weighted by Gasteiger charge is -2.21. The largest absolute Gasteiger partial charge is 0.480 e. The van der Waals surface area contributed by atoms with E-state index in [0.29, 0.717) is 13.2 Å². The van der Waals surface area contributed by atoms with Crippen molar-refractivity contribution in [3.63, 3.8) is 0 Å². The molecule has 190 valence electrons. The summed E-state index contributed by atoms with van der Waals surface area (Å²) in [5.41, 5.74) is 3.96. The Morgan fingerprint density at radius 3 is 2.09 bits per heavy atom. The number of aliphatic hydroxyl groups is 1. The lowest BCUT2D eigenvalue weighted by atomic mass is 9.98. The molecule has 1 aliphatic carbocycles. The lowest BCUT2D eigenvalue weighted by molar-refractivity contribution is -0.164. The number of nitrogens with one attached hydrogen (secondary N) is 1. The van der Waals surface area contributed by atoms with Crippen LogP contribution in [0.25, 0.3) is 11.1 Å². The number of amides is 1. The van der Waals surface area contributed by atoms with Crippen molar-refractivity contribution in [1.29, 1.82) is 0 Å². The average Bonchev–Trinajstić information content (AvgIpc) is 3.13. The average molecular weight is 488 g/mol. The molecule has 9 heteroatoms. The van der Waals surface area contributed by atoms with Gasteiger partial charge in [-0.1, -0.05) is 48.5 Å². The van der Waals surface area contributed by atoms with Crippen LogP contribution < -0.4 is 5.32 Å². The first-order valence-corrected chi connectivity index (χ1v) is 11.5. The van der Waals surface area contributed by atoms with Gasteiger partial charge in [-0.05, 0) is 43.0 Å². The Hall–Kier alpha value is -2.98. The number of carbonyl (C=O) groups excluding carboxylic acids is 1. The number of aliphatic hydroxyl groups excluding tert-OH is 1. The third kappa shape index (κ3) is 7.50. The summed E-state index contributed by atoms with van der Waals surface area (Å²) in [6.45, 7) is 6.61. The van der Waals surface area contributed by atoms with E-state index in [2.05, 4.69) is 5.32 Å². The molecule has 0 aliphatic heterocycles. The standard InChI is InChI=1S/C26H33NO8/c1-26(2,3)35-15-13-32-12-14-33-24(30)22(23(28)29)27-25(31)34-16-21-19-10-6-4-8-17(19)18-9-5-7-11-20(18)21/h4-11,21-22,24,30H,12-16H2,1-3H3,(H,27,31)(H,28,29)/t22-,24?/m1/s1. The van der Waals surface area contributed by atoms with Gasteiger partial charge in [-0.25, -0.2) is 9.59 Å². The van der Waals surface area contributed by atoms with Crippen molar-refractivity contribution in [3.05, 3.63) is 59.7 Å². The van der Waals surface area contributed by atoms with Gasteiger partial charge in [-0.2, -0.15) is 0 Å². The molecule has 1 unspecified atom stereocenters. The molecule has 0 aromatic heterocycles. The monoisotopic (exact) mass is 487 g/mol. The van der Waals surface area contributed by atoms with E-state index in [-0.39, 0.29) is 31.3 Å². The van der Waals surface area contributed by atoms with Crippen molar-refractivity contribution >= 4 is 12.1 Å². The molecule has 1 amide bonds. The van der Waals surface area contributed by atoms with Crippen LogP contribution >= 0.6 is 0 Å². The second-order valence-corrected chi connectivity index (χ2v) is 9.12. The highest BCUT2D eigenvalue weighted by molar-refractivity contribution is 5.81.